The highest BCUT2D eigenvalue weighted by atomic mass is 35.5. The lowest BCUT2D eigenvalue weighted by Gasteiger charge is -2.22. The van der Waals surface area contributed by atoms with Crippen molar-refractivity contribution in [3.05, 3.63) is 28.8 Å². The predicted molar refractivity (Wildman–Crippen MR) is 79.8 cm³/mol. The number of aryl methyl sites for hydroxylation is 1. The summed E-state index contributed by atoms with van der Waals surface area (Å²) < 4.78 is 5.53. The summed E-state index contributed by atoms with van der Waals surface area (Å²) in [6, 6.07) is 4.22. The summed E-state index contributed by atoms with van der Waals surface area (Å²) in [5.74, 6) is 0.948. The molecule has 1 nitrogen and oxygen atoms in total. The van der Waals surface area contributed by atoms with Gasteiger partial charge >= 0.3 is 0 Å². The first-order chi connectivity index (χ1) is 8.26. The molecule has 0 aliphatic carbocycles. The van der Waals surface area contributed by atoms with E-state index in [2.05, 4.69) is 46.8 Å². The van der Waals surface area contributed by atoms with Crippen LogP contribution in [-0.2, 0) is 0 Å². The molecule has 0 amide bonds. The molecule has 1 rings (SSSR count). The van der Waals surface area contributed by atoms with Crippen LogP contribution in [0.5, 0.6) is 5.75 Å². The summed E-state index contributed by atoms with van der Waals surface area (Å²) in [6.07, 6.45) is 2.08. The highest BCUT2D eigenvalue weighted by molar-refractivity contribution is 6.21. The quantitative estimate of drug-likeness (QED) is 0.663. The van der Waals surface area contributed by atoms with Gasteiger partial charge in [0.1, 0.15) is 5.75 Å². The van der Waals surface area contributed by atoms with E-state index in [1.807, 2.05) is 0 Å². The van der Waals surface area contributed by atoms with Crippen molar-refractivity contribution in [2.45, 2.75) is 52.8 Å². The maximum atomic E-state index is 6.54. The van der Waals surface area contributed by atoms with Gasteiger partial charge in [-0.15, -0.1) is 11.6 Å². The molecule has 102 valence electrons. The van der Waals surface area contributed by atoms with E-state index in [1.165, 1.54) is 11.1 Å². The van der Waals surface area contributed by atoms with Crippen LogP contribution in [0, 0.1) is 19.3 Å². The molecule has 0 aromatic heterocycles. The summed E-state index contributed by atoms with van der Waals surface area (Å²) in [6.45, 7) is 10.9. The Morgan fingerprint density at radius 2 is 1.83 bits per heavy atom. The van der Waals surface area contributed by atoms with Gasteiger partial charge in [0.2, 0.25) is 0 Å². The molecule has 0 aliphatic heterocycles. The fraction of sp³-hybridized carbons (Fsp3) is 0.625. The van der Waals surface area contributed by atoms with E-state index < -0.39 is 0 Å². The Bertz CT molecular complexity index is 404. The largest absolute Gasteiger partial charge is 0.496 e. The second-order valence-electron chi connectivity index (χ2n) is 6.20. The van der Waals surface area contributed by atoms with E-state index in [1.54, 1.807) is 7.11 Å². The van der Waals surface area contributed by atoms with Crippen LogP contribution in [0.2, 0.25) is 0 Å². The molecule has 0 saturated carbocycles. The number of benzene rings is 1. The maximum absolute atomic E-state index is 6.54. The molecule has 0 fully saturated rings. The first-order valence-electron chi connectivity index (χ1n) is 6.54. The lowest BCUT2D eigenvalue weighted by molar-refractivity contribution is 0.359. The average molecular weight is 269 g/mol. The van der Waals surface area contributed by atoms with Crippen molar-refractivity contribution < 1.29 is 4.74 Å². The summed E-state index contributed by atoms with van der Waals surface area (Å²) in [5, 5.41) is 0.0264. The van der Waals surface area contributed by atoms with E-state index in [0.717, 1.165) is 24.2 Å². The van der Waals surface area contributed by atoms with Crippen LogP contribution in [-0.4, -0.2) is 7.11 Å². The fourth-order valence-electron chi connectivity index (χ4n) is 2.04. The van der Waals surface area contributed by atoms with Gasteiger partial charge in [0.25, 0.3) is 0 Å². The molecule has 1 unspecified atom stereocenters. The highest BCUT2D eigenvalue weighted by Gasteiger charge is 2.19. The minimum Gasteiger partial charge on any atom is -0.496 e. The molecule has 0 aliphatic rings. The van der Waals surface area contributed by atoms with E-state index in [4.69, 9.17) is 16.3 Å². The molecule has 1 atom stereocenters. The van der Waals surface area contributed by atoms with Crippen LogP contribution >= 0.6 is 11.6 Å². The number of hydrogen-bond acceptors (Lipinski definition) is 1. The predicted octanol–water partition coefficient (Wildman–Crippen LogP) is 5.42. The minimum atomic E-state index is 0.0264. The van der Waals surface area contributed by atoms with Gasteiger partial charge in [-0.05, 0) is 43.2 Å². The molecule has 1 aromatic carbocycles. The Kier molecular flexibility index (Phi) is 5.10. The lowest BCUT2D eigenvalue weighted by Crippen LogP contribution is -2.07. The summed E-state index contributed by atoms with van der Waals surface area (Å²) in [5.41, 5.74) is 3.87. The highest BCUT2D eigenvalue weighted by Crippen LogP contribution is 2.38. The number of hydrogen-bond donors (Lipinski definition) is 0. The number of methoxy groups -OCH3 is 1. The molecule has 0 heterocycles. The first kappa shape index (κ1) is 15.4. The fourth-order valence-corrected chi connectivity index (χ4v) is 2.32. The maximum Gasteiger partial charge on any atom is 0.126 e. The van der Waals surface area contributed by atoms with Crippen LogP contribution < -0.4 is 4.74 Å². The van der Waals surface area contributed by atoms with Crippen molar-refractivity contribution in [1.82, 2.24) is 0 Å². The average Bonchev–Trinajstić information content (AvgIpc) is 2.28. The Morgan fingerprint density at radius 1 is 1.22 bits per heavy atom. The van der Waals surface area contributed by atoms with Gasteiger partial charge in [-0.3, -0.25) is 0 Å². The van der Waals surface area contributed by atoms with Crippen LogP contribution in [0.15, 0.2) is 12.1 Å². The Balaban J connectivity index is 2.92. The van der Waals surface area contributed by atoms with Crippen LogP contribution in [0.1, 0.15) is 55.7 Å². The van der Waals surface area contributed by atoms with Gasteiger partial charge in [0, 0.05) is 5.56 Å². The van der Waals surface area contributed by atoms with Crippen molar-refractivity contribution in [2.75, 3.05) is 7.11 Å². The van der Waals surface area contributed by atoms with E-state index in [9.17, 15) is 0 Å². The normalized spacial score (nSPS) is 13.5. The standard InChI is InChI=1S/C16H25ClO/c1-11-7-8-13(15(18-6)12(11)2)14(17)9-10-16(3,4)5/h7-8,14H,9-10H2,1-6H3. The summed E-state index contributed by atoms with van der Waals surface area (Å²) in [7, 11) is 1.72. The smallest absolute Gasteiger partial charge is 0.126 e. The zero-order valence-corrected chi connectivity index (χ0v) is 13.2. The summed E-state index contributed by atoms with van der Waals surface area (Å²) in [4.78, 5) is 0. The number of ether oxygens (including phenoxy) is 1. The third kappa shape index (κ3) is 3.91. The van der Waals surface area contributed by atoms with Crippen molar-refractivity contribution >= 4 is 11.6 Å². The van der Waals surface area contributed by atoms with Gasteiger partial charge in [0.05, 0.1) is 12.5 Å². The van der Waals surface area contributed by atoms with E-state index >= 15 is 0 Å². The zero-order chi connectivity index (χ0) is 13.9. The number of halogens is 1. The van der Waals surface area contributed by atoms with Crippen molar-refractivity contribution in [1.29, 1.82) is 0 Å². The second kappa shape index (κ2) is 5.97. The Labute approximate surface area is 116 Å². The molecule has 0 saturated heterocycles. The topological polar surface area (TPSA) is 9.23 Å². The van der Waals surface area contributed by atoms with Crippen LogP contribution in [0.4, 0.5) is 0 Å². The van der Waals surface area contributed by atoms with Crippen LogP contribution in [0.25, 0.3) is 0 Å². The van der Waals surface area contributed by atoms with Crippen LogP contribution in [0.3, 0.4) is 0 Å². The van der Waals surface area contributed by atoms with Gasteiger partial charge in [-0.1, -0.05) is 32.9 Å². The molecule has 0 spiro atoms. The molecule has 0 bridgehead atoms. The van der Waals surface area contributed by atoms with E-state index in [-0.39, 0.29) is 5.38 Å². The zero-order valence-electron chi connectivity index (χ0n) is 12.4. The number of rotatable bonds is 4. The second-order valence-corrected chi connectivity index (χ2v) is 6.72. The molecular weight excluding hydrogens is 244 g/mol. The molecule has 0 N–H and O–H groups in total. The van der Waals surface area contributed by atoms with Crippen molar-refractivity contribution in [3.8, 4) is 5.75 Å². The van der Waals surface area contributed by atoms with Crippen molar-refractivity contribution in [2.24, 2.45) is 5.41 Å². The summed E-state index contributed by atoms with van der Waals surface area (Å²) >= 11 is 6.54. The van der Waals surface area contributed by atoms with Gasteiger partial charge in [0.15, 0.2) is 0 Å². The third-order valence-corrected chi connectivity index (χ3v) is 3.85. The Morgan fingerprint density at radius 3 is 2.33 bits per heavy atom. The van der Waals surface area contributed by atoms with E-state index in [0.29, 0.717) is 5.41 Å². The molecule has 0 radical (unpaired) electrons. The molecule has 1 aromatic rings. The molecule has 18 heavy (non-hydrogen) atoms. The van der Waals surface area contributed by atoms with Crippen molar-refractivity contribution in [3.63, 3.8) is 0 Å². The lowest BCUT2D eigenvalue weighted by atomic mass is 9.88. The molecule has 2 heteroatoms. The first-order valence-corrected chi connectivity index (χ1v) is 6.98. The number of alkyl halides is 1. The van der Waals surface area contributed by atoms with Gasteiger partial charge < -0.3 is 4.74 Å². The Hall–Kier alpha value is -0.690. The monoisotopic (exact) mass is 268 g/mol. The minimum absolute atomic E-state index is 0.0264. The molecular formula is C16H25ClO. The SMILES string of the molecule is COc1c(C(Cl)CCC(C)(C)C)ccc(C)c1C. The van der Waals surface area contributed by atoms with Gasteiger partial charge in [-0.2, -0.15) is 0 Å². The van der Waals surface area contributed by atoms with Gasteiger partial charge in [-0.25, -0.2) is 0 Å². The third-order valence-electron chi connectivity index (χ3n) is 3.40.